The molecule has 0 aliphatic carbocycles. The molecule has 0 radical (unpaired) electrons. The van der Waals surface area contributed by atoms with Crippen LogP contribution in [0.1, 0.15) is 30.9 Å². The number of halogens is 1. The first-order valence-corrected chi connectivity index (χ1v) is 9.92. The Morgan fingerprint density at radius 1 is 1.11 bits per heavy atom. The van der Waals surface area contributed by atoms with Gasteiger partial charge in [0, 0.05) is 13.1 Å². The van der Waals surface area contributed by atoms with Gasteiger partial charge in [-0.15, -0.1) is 0 Å². The number of hydrogen-bond donors (Lipinski definition) is 1. The number of nitrogens with zero attached hydrogens (tertiary/aromatic N) is 1. The molecule has 1 aliphatic rings. The molecular formula is C22H27ClN2O2. The molecule has 3 rings (SSSR count). The summed E-state index contributed by atoms with van der Waals surface area (Å²) < 4.78 is 5.45. The van der Waals surface area contributed by atoms with E-state index in [1.54, 1.807) is 12.1 Å². The Hall–Kier alpha value is -2.04. The van der Waals surface area contributed by atoms with E-state index in [9.17, 15) is 4.79 Å². The molecule has 1 N–H and O–H groups in total. The minimum Gasteiger partial charge on any atom is -0.482 e. The van der Waals surface area contributed by atoms with Crippen molar-refractivity contribution >= 4 is 17.5 Å². The van der Waals surface area contributed by atoms with Crippen LogP contribution in [-0.4, -0.2) is 30.5 Å². The lowest BCUT2D eigenvalue weighted by Gasteiger charge is -2.30. The molecule has 2 aromatic carbocycles. The molecule has 0 unspecified atom stereocenters. The zero-order valence-corrected chi connectivity index (χ0v) is 16.5. The van der Waals surface area contributed by atoms with Gasteiger partial charge in [0.05, 0.1) is 5.02 Å². The Kier molecular flexibility index (Phi) is 7.13. The molecule has 5 heteroatoms. The lowest BCUT2D eigenvalue weighted by atomic mass is 9.99. The van der Waals surface area contributed by atoms with Crippen LogP contribution in [0.15, 0.2) is 48.5 Å². The van der Waals surface area contributed by atoms with Gasteiger partial charge in [0.1, 0.15) is 5.75 Å². The third-order valence-electron chi connectivity index (χ3n) is 4.99. The van der Waals surface area contributed by atoms with Crippen LogP contribution in [0.4, 0.5) is 0 Å². The summed E-state index contributed by atoms with van der Waals surface area (Å²) >= 11 is 6.01. The third-order valence-corrected chi connectivity index (χ3v) is 5.30. The second-order valence-corrected chi connectivity index (χ2v) is 7.68. The quantitative estimate of drug-likeness (QED) is 0.772. The van der Waals surface area contributed by atoms with Crippen LogP contribution in [0.25, 0.3) is 0 Å². The summed E-state index contributed by atoms with van der Waals surface area (Å²) in [5.74, 6) is 1.21. The van der Waals surface area contributed by atoms with E-state index < -0.39 is 0 Å². The molecule has 0 saturated carbocycles. The predicted octanol–water partition coefficient (Wildman–Crippen LogP) is 4.27. The fourth-order valence-electron chi connectivity index (χ4n) is 3.20. The zero-order valence-electron chi connectivity index (χ0n) is 15.8. The summed E-state index contributed by atoms with van der Waals surface area (Å²) in [7, 11) is 0. The molecule has 1 aliphatic heterocycles. The van der Waals surface area contributed by atoms with Gasteiger partial charge in [-0.25, -0.2) is 0 Å². The van der Waals surface area contributed by atoms with Gasteiger partial charge < -0.3 is 10.1 Å². The molecule has 0 bridgehead atoms. The average Bonchev–Trinajstić information content (AvgIpc) is 2.68. The van der Waals surface area contributed by atoms with E-state index in [0.29, 0.717) is 17.3 Å². The summed E-state index contributed by atoms with van der Waals surface area (Å²) in [4.78, 5) is 14.5. The lowest BCUT2D eigenvalue weighted by Crippen LogP contribution is -2.32. The Bertz CT molecular complexity index is 740. The van der Waals surface area contributed by atoms with E-state index in [-0.39, 0.29) is 12.5 Å². The number of carbonyl (C=O) groups excluding carboxylic acids is 1. The SMILES string of the molecule is CC1CCN(Cc2ccc(CNC(=O)COc3ccccc3Cl)cc2)CC1. The molecule has 1 amide bonds. The first kappa shape index (κ1) is 19.7. The highest BCUT2D eigenvalue weighted by Gasteiger charge is 2.15. The number of likely N-dealkylation sites (tertiary alicyclic amines) is 1. The molecule has 27 heavy (non-hydrogen) atoms. The minimum absolute atomic E-state index is 0.0464. The summed E-state index contributed by atoms with van der Waals surface area (Å²) in [6.45, 7) is 6.15. The normalized spacial score (nSPS) is 15.5. The maximum absolute atomic E-state index is 12.0. The topological polar surface area (TPSA) is 41.6 Å². The predicted molar refractivity (Wildman–Crippen MR) is 109 cm³/mol. The highest BCUT2D eigenvalue weighted by Crippen LogP contribution is 2.22. The first-order valence-electron chi connectivity index (χ1n) is 9.54. The van der Waals surface area contributed by atoms with Gasteiger partial charge in [-0.1, -0.05) is 54.9 Å². The van der Waals surface area contributed by atoms with Crippen LogP contribution in [0, 0.1) is 5.92 Å². The van der Waals surface area contributed by atoms with Crippen molar-refractivity contribution in [2.45, 2.75) is 32.9 Å². The minimum atomic E-state index is -0.165. The largest absolute Gasteiger partial charge is 0.482 e. The maximum atomic E-state index is 12.0. The van der Waals surface area contributed by atoms with E-state index in [0.717, 1.165) is 18.0 Å². The molecule has 144 valence electrons. The summed E-state index contributed by atoms with van der Waals surface area (Å²) in [6.07, 6.45) is 2.58. The fourth-order valence-corrected chi connectivity index (χ4v) is 3.39. The van der Waals surface area contributed by atoms with Crippen molar-refractivity contribution in [2.24, 2.45) is 5.92 Å². The Labute approximate surface area is 166 Å². The summed E-state index contributed by atoms with van der Waals surface area (Å²) in [6, 6.07) is 15.6. The van der Waals surface area contributed by atoms with Gasteiger partial charge in [0.25, 0.3) is 5.91 Å². The van der Waals surface area contributed by atoms with E-state index in [1.807, 2.05) is 12.1 Å². The van der Waals surface area contributed by atoms with E-state index in [1.165, 1.54) is 31.5 Å². The number of nitrogens with one attached hydrogen (secondary N) is 1. The second-order valence-electron chi connectivity index (χ2n) is 7.27. The highest BCUT2D eigenvalue weighted by molar-refractivity contribution is 6.32. The Morgan fingerprint density at radius 3 is 2.48 bits per heavy atom. The number of hydrogen-bond acceptors (Lipinski definition) is 3. The van der Waals surface area contributed by atoms with Crippen LogP contribution in [0.3, 0.4) is 0 Å². The zero-order chi connectivity index (χ0) is 19.1. The average molecular weight is 387 g/mol. The number of ether oxygens (including phenoxy) is 1. The van der Waals surface area contributed by atoms with Gasteiger partial charge in [-0.2, -0.15) is 0 Å². The molecule has 1 heterocycles. The van der Waals surface area contributed by atoms with Crippen LogP contribution in [-0.2, 0) is 17.9 Å². The van der Waals surface area contributed by atoms with Gasteiger partial charge in [0.15, 0.2) is 6.61 Å². The van der Waals surface area contributed by atoms with E-state index >= 15 is 0 Å². The summed E-state index contributed by atoms with van der Waals surface area (Å²) in [5.41, 5.74) is 2.40. The number of carbonyl (C=O) groups is 1. The van der Waals surface area contributed by atoms with Crippen LogP contribution >= 0.6 is 11.6 Å². The molecule has 1 fully saturated rings. The van der Waals surface area contributed by atoms with Gasteiger partial charge in [-0.3, -0.25) is 9.69 Å². The van der Waals surface area contributed by atoms with Crippen molar-refractivity contribution in [3.63, 3.8) is 0 Å². The van der Waals surface area contributed by atoms with Crippen LogP contribution in [0.5, 0.6) is 5.75 Å². The van der Waals surface area contributed by atoms with Crippen molar-refractivity contribution < 1.29 is 9.53 Å². The highest BCUT2D eigenvalue weighted by atomic mass is 35.5. The monoisotopic (exact) mass is 386 g/mol. The number of piperidine rings is 1. The molecule has 0 aromatic heterocycles. The molecule has 1 saturated heterocycles. The number of amides is 1. The number of benzene rings is 2. The lowest BCUT2D eigenvalue weighted by molar-refractivity contribution is -0.123. The Balaban J connectivity index is 1.40. The van der Waals surface area contributed by atoms with Crippen molar-refractivity contribution in [2.75, 3.05) is 19.7 Å². The standard InChI is InChI=1S/C22H27ClN2O2/c1-17-10-12-25(13-11-17)15-19-8-6-18(7-9-19)14-24-22(26)16-27-21-5-3-2-4-20(21)23/h2-9,17H,10-16H2,1H3,(H,24,26). The van der Waals surface area contributed by atoms with Crippen molar-refractivity contribution in [3.8, 4) is 5.75 Å². The third kappa shape index (κ3) is 6.26. The van der Waals surface area contributed by atoms with Gasteiger partial charge in [0.2, 0.25) is 0 Å². The fraction of sp³-hybridized carbons (Fsp3) is 0.409. The smallest absolute Gasteiger partial charge is 0.258 e. The maximum Gasteiger partial charge on any atom is 0.258 e. The van der Waals surface area contributed by atoms with E-state index in [4.69, 9.17) is 16.3 Å². The van der Waals surface area contributed by atoms with Crippen LogP contribution in [0.2, 0.25) is 5.02 Å². The molecule has 2 aromatic rings. The summed E-state index contributed by atoms with van der Waals surface area (Å²) in [5, 5.41) is 3.38. The molecule has 0 atom stereocenters. The number of para-hydroxylation sites is 1. The van der Waals surface area contributed by atoms with Gasteiger partial charge >= 0.3 is 0 Å². The van der Waals surface area contributed by atoms with Crippen LogP contribution < -0.4 is 10.1 Å². The van der Waals surface area contributed by atoms with Crippen molar-refractivity contribution in [3.05, 3.63) is 64.7 Å². The molecular weight excluding hydrogens is 360 g/mol. The molecule has 4 nitrogen and oxygen atoms in total. The second kappa shape index (κ2) is 9.77. The van der Waals surface area contributed by atoms with Gasteiger partial charge in [-0.05, 0) is 55.1 Å². The van der Waals surface area contributed by atoms with E-state index in [2.05, 4.69) is 41.4 Å². The first-order chi connectivity index (χ1) is 13.1. The van der Waals surface area contributed by atoms with Crippen molar-refractivity contribution in [1.29, 1.82) is 0 Å². The number of rotatable bonds is 7. The molecule has 0 spiro atoms. The van der Waals surface area contributed by atoms with Crippen molar-refractivity contribution in [1.82, 2.24) is 10.2 Å². The Morgan fingerprint density at radius 2 is 1.78 bits per heavy atom.